The first kappa shape index (κ1) is 23.9. The van der Waals surface area contributed by atoms with Crippen molar-refractivity contribution < 1.29 is 14.3 Å². The van der Waals surface area contributed by atoms with Crippen molar-refractivity contribution in [1.82, 2.24) is 15.1 Å². The van der Waals surface area contributed by atoms with Crippen LogP contribution < -0.4 is 5.32 Å². The molecule has 1 atom stereocenters. The number of nitrogens with zero attached hydrogens (tertiary/aromatic N) is 2. The largest absolute Gasteiger partial charge is 0.445 e. The van der Waals surface area contributed by atoms with Crippen LogP contribution in [0.3, 0.4) is 0 Å². The number of carbonyl (C=O) groups is 2. The van der Waals surface area contributed by atoms with Crippen molar-refractivity contribution >= 4 is 12.0 Å². The van der Waals surface area contributed by atoms with Crippen LogP contribution in [0, 0.1) is 0 Å². The van der Waals surface area contributed by atoms with Crippen LogP contribution in [-0.4, -0.2) is 60.6 Å². The molecular formula is C29H37N3O3. The van der Waals surface area contributed by atoms with Crippen molar-refractivity contribution in [3.05, 3.63) is 71.3 Å². The highest BCUT2D eigenvalue weighted by Gasteiger charge is 2.40. The van der Waals surface area contributed by atoms with E-state index in [2.05, 4.69) is 34.5 Å². The fraction of sp³-hybridized carbons (Fsp3) is 0.517. The normalized spacial score (nSPS) is 21.1. The summed E-state index contributed by atoms with van der Waals surface area (Å²) in [6.45, 7) is 4.72. The molecule has 2 saturated heterocycles. The van der Waals surface area contributed by atoms with Crippen molar-refractivity contribution in [2.24, 2.45) is 0 Å². The van der Waals surface area contributed by atoms with Gasteiger partial charge in [-0.05, 0) is 86.7 Å². The van der Waals surface area contributed by atoms with Gasteiger partial charge in [0.1, 0.15) is 12.6 Å². The Balaban J connectivity index is 1.02. The van der Waals surface area contributed by atoms with Crippen molar-refractivity contribution in [2.45, 2.75) is 63.0 Å². The lowest BCUT2D eigenvalue weighted by atomic mass is 9.74. The zero-order valence-electron chi connectivity index (χ0n) is 20.6. The zero-order chi connectivity index (χ0) is 24.1. The molecule has 3 aliphatic rings. The number of fused-ring (bicyclic) bond motifs is 2. The Morgan fingerprint density at radius 2 is 1.74 bits per heavy atom. The molecule has 0 saturated carbocycles. The van der Waals surface area contributed by atoms with E-state index in [9.17, 15) is 9.59 Å². The molecule has 5 rings (SSSR count). The van der Waals surface area contributed by atoms with Crippen LogP contribution in [0.15, 0.2) is 54.6 Å². The van der Waals surface area contributed by atoms with Crippen LogP contribution in [0.1, 0.15) is 55.2 Å². The highest BCUT2D eigenvalue weighted by molar-refractivity contribution is 5.86. The van der Waals surface area contributed by atoms with Crippen molar-refractivity contribution in [3.8, 4) is 0 Å². The SMILES string of the molecule is O=C(NCCCN1CCC2(CCc3ccccc32)CC1)[C@@H]1CCCN1C(=O)OCc1ccccc1. The second-order valence-electron chi connectivity index (χ2n) is 10.3. The Hall–Kier alpha value is -2.86. The third-order valence-electron chi connectivity index (χ3n) is 8.22. The predicted octanol–water partition coefficient (Wildman–Crippen LogP) is 4.27. The summed E-state index contributed by atoms with van der Waals surface area (Å²) in [5.74, 6) is -0.0562. The molecule has 2 aromatic carbocycles. The van der Waals surface area contributed by atoms with E-state index in [1.807, 2.05) is 30.3 Å². The van der Waals surface area contributed by atoms with Crippen LogP contribution in [0.4, 0.5) is 4.79 Å². The Morgan fingerprint density at radius 3 is 2.57 bits per heavy atom. The highest BCUT2D eigenvalue weighted by Crippen LogP contribution is 2.46. The molecule has 1 N–H and O–H groups in total. The summed E-state index contributed by atoms with van der Waals surface area (Å²) in [4.78, 5) is 29.5. The molecule has 186 valence electrons. The number of hydrogen-bond donors (Lipinski definition) is 1. The molecule has 2 aliphatic heterocycles. The lowest BCUT2D eigenvalue weighted by Gasteiger charge is -2.40. The summed E-state index contributed by atoms with van der Waals surface area (Å²) in [7, 11) is 0. The zero-order valence-corrected chi connectivity index (χ0v) is 20.6. The summed E-state index contributed by atoms with van der Waals surface area (Å²) in [5.41, 5.74) is 4.48. The molecule has 1 spiro atoms. The van der Waals surface area contributed by atoms with Crippen LogP contribution in [0.5, 0.6) is 0 Å². The molecule has 2 aromatic rings. The number of likely N-dealkylation sites (tertiary alicyclic amines) is 2. The molecule has 2 amide bonds. The number of amides is 2. The van der Waals surface area contributed by atoms with Gasteiger partial charge in [0.2, 0.25) is 5.91 Å². The highest BCUT2D eigenvalue weighted by atomic mass is 16.6. The Bertz CT molecular complexity index is 1020. The number of carbonyl (C=O) groups excluding carboxylic acids is 2. The molecule has 2 fully saturated rings. The quantitative estimate of drug-likeness (QED) is 0.608. The van der Waals surface area contributed by atoms with Crippen molar-refractivity contribution in [1.29, 1.82) is 0 Å². The number of benzene rings is 2. The van der Waals surface area contributed by atoms with Gasteiger partial charge in [-0.15, -0.1) is 0 Å². The van der Waals surface area contributed by atoms with E-state index in [0.717, 1.165) is 38.0 Å². The molecule has 0 unspecified atom stereocenters. The van der Waals surface area contributed by atoms with Gasteiger partial charge >= 0.3 is 6.09 Å². The van der Waals surface area contributed by atoms with Gasteiger partial charge in [-0.1, -0.05) is 54.6 Å². The number of piperidine rings is 1. The second kappa shape index (κ2) is 10.8. The third-order valence-corrected chi connectivity index (χ3v) is 8.22. The summed E-state index contributed by atoms with van der Waals surface area (Å²) in [5, 5.41) is 3.07. The van der Waals surface area contributed by atoms with E-state index < -0.39 is 12.1 Å². The number of nitrogens with one attached hydrogen (secondary N) is 1. The maximum Gasteiger partial charge on any atom is 0.410 e. The molecule has 1 aliphatic carbocycles. The lowest BCUT2D eigenvalue weighted by molar-refractivity contribution is -0.125. The minimum atomic E-state index is -0.421. The minimum Gasteiger partial charge on any atom is -0.445 e. The van der Waals surface area contributed by atoms with Crippen molar-refractivity contribution in [3.63, 3.8) is 0 Å². The van der Waals surface area contributed by atoms with E-state index >= 15 is 0 Å². The molecular weight excluding hydrogens is 438 g/mol. The summed E-state index contributed by atoms with van der Waals surface area (Å²) in [6, 6.07) is 18.2. The third kappa shape index (κ3) is 5.37. The molecule has 6 heteroatoms. The van der Waals surface area contributed by atoms with Crippen LogP contribution >= 0.6 is 0 Å². The Labute approximate surface area is 208 Å². The lowest BCUT2D eigenvalue weighted by Crippen LogP contribution is -2.47. The summed E-state index contributed by atoms with van der Waals surface area (Å²) < 4.78 is 5.46. The van der Waals surface area contributed by atoms with Crippen molar-refractivity contribution in [2.75, 3.05) is 32.7 Å². The van der Waals surface area contributed by atoms with E-state index in [1.165, 1.54) is 25.7 Å². The topological polar surface area (TPSA) is 61.9 Å². The van der Waals surface area contributed by atoms with Gasteiger partial charge in [-0.3, -0.25) is 9.69 Å². The maximum atomic E-state index is 12.8. The van der Waals surface area contributed by atoms with Gasteiger partial charge in [0.25, 0.3) is 0 Å². The fourth-order valence-electron chi connectivity index (χ4n) is 6.18. The molecule has 2 heterocycles. The molecule has 0 radical (unpaired) electrons. The Morgan fingerprint density at radius 1 is 0.971 bits per heavy atom. The monoisotopic (exact) mass is 475 g/mol. The molecule has 0 aromatic heterocycles. The summed E-state index contributed by atoms with van der Waals surface area (Å²) in [6.07, 6.45) is 7.04. The van der Waals surface area contributed by atoms with E-state index in [4.69, 9.17) is 4.74 Å². The van der Waals surface area contributed by atoms with Crippen LogP contribution in [-0.2, 0) is 28.0 Å². The first-order chi connectivity index (χ1) is 17.1. The summed E-state index contributed by atoms with van der Waals surface area (Å²) >= 11 is 0. The Kier molecular flexibility index (Phi) is 7.37. The number of ether oxygens (including phenoxy) is 1. The fourth-order valence-corrected chi connectivity index (χ4v) is 6.18. The molecule has 6 nitrogen and oxygen atoms in total. The van der Waals surface area contributed by atoms with E-state index in [-0.39, 0.29) is 12.5 Å². The van der Waals surface area contributed by atoms with Gasteiger partial charge in [0, 0.05) is 13.1 Å². The number of aryl methyl sites for hydroxylation is 1. The second-order valence-corrected chi connectivity index (χ2v) is 10.3. The molecule has 0 bridgehead atoms. The van der Waals surface area contributed by atoms with E-state index in [1.54, 1.807) is 16.0 Å². The smallest absolute Gasteiger partial charge is 0.410 e. The standard InChI is InChI=1S/C29H37N3O3/c33-27(26-12-6-19-32(26)28(34)35-22-23-8-2-1-3-9-23)30-17-7-18-31-20-15-29(16-21-31)14-13-24-10-4-5-11-25(24)29/h1-5,8-11,26H,6-7,12-22H2,(H,30,33)/t26-/m0/s1. The molecule has 35 heavy (non-hydrogen) atoms. The van der Waals surface area contributed by atoms with Gasteiger partial charge in [-0.2, -0.15) is 0 Å². The maximum absolute atomic E-state index is 12.8. The number of rotatable bonds is 7. The predicted molar refractivity (Wildman–Crippen MR) is 136 cm³/mol. The van der Waals surface area contributed by atoms with E-state index in [0.29, 0.717) is 24.9 Å². The average Bonchev–Trinajstić information content (AvgIpc) is 3.53. The van der Waals surface area contributed by atoms with Gasteiger partial charge in [-0.25, -0.2) is 4.79 Å². The van der Waals surface area contributed by atoms with Gasteiger partial charge in [0.05, 0.1) is 0 Å². The first-order valence-corrected chi connectivity index (χ1v) is 13.2. The minimum absolute atomic E-state index is 0.0562. The van der Waals surface area contributed by atoms with Gasteiger partial charge in [0.15, 0.2) is 0 Å². The number of hydrogen-bond acceptors (Lipinski definition) is 4. The average molecular weight is 476 g/mol. The van der Waals surface area contributed by atoms with Crippen LogP contribution in [0.2, 0.25) is 0 Å². The van der Waals surface area contributed by atoms with Gasteiger partial charge < -0.3 is 15.0 Å². The first-order valence-electron chi connectivity index (χ1n) is 13.2. The van der Waals surface area contributed by atoms with Crippen LogP contribution in [0.25, 0.3) is 0 Å².